The molecule has 1 unspecified atom stereocenters. The summed E-state index contributed by atoms with van der Waals surface area (Å²) in [7, 11) is 0. The summed E-state index contributed by atoms with van der Waals surface area (Å²) in [5, 5.41) is 5.87. The van der Waals surface area contributed by atoms with E-state index in [0.29, 0.717) is 6.54 Å². The summed E-state index contributed by atoms with van der Waals surface area (Å²) in [5.74, 6) is -0.0647. The molecule has 0 aliphatic carbocycles. The Kier molecular flexibility index (Phi) is 8.06. The number of thiazole rings is 1. The van der Waals surface area contributed by atoms with Crippen LogP contribution in [0.2, 0.25) is 0 Å². The molecular formula is C31H31N3O2S. The summed E-state index contributed by atoms with van der Waals surface area (Å²) in [6.45, 7) is 1.14. The summed E-state index contributed by atoms with van der Waals surface area (Å²) in [6.07, 6.45) is 3.14. The van der Waals surface area contributed by atoms with Gasteiger partial charge in [-0.1, -0.05) is 84.9 Å². The number of likely N-dealkylation sites (tertiary alicyclic amines) is 1. The van der Waals surface area contributed by atoms with Crippen LogP contribution >= 0.6 is 11.3 Å². The molecule has 1 fully saturated rings. The first kappa shape index (κ1) is 24.9. The fourth-order valence-corrected chi connectivity index (χ4v) is 5.73. The van der Waals surface area contributed by atoms with Crippen LogP contribution in [0.3, 0.4) is 0 Å². The van der Waals surface area contributed by atoms with Crippen molar-refractivity contribution in [1.29, 1.82) is 0 Å². The Bertz CT molecular complexity index is 1340. The number of hydrogen-bond donors (Lipinski definition) is 1. The fourth-order valence-electron chi connectivity index (χ4n) is 4.99. The van der Waals surface area contributed by atoms with Crippen molar-refractivity contribution >= 4 is 23.2 Å². The van der Waals surface area contributed by atoms with E-state index >= 15 is 0 Å². The van der Waals surface area contributed by atoms with E-state index in [2.05, 4.69) is 71.4 Å². The lowest BCUT2D eigenvalue weighted by atomic mass is 9.97. The number of aromatic nitrogens is 1. The SMILES string of the molecule is O=C(CCC(=O)N1CCCC1c1ccccc1)NCc1nc(Cc2ccccc2-c2ccccc2)cs1. The molecule has 0 bridgehead atoms. The largest absolute Gasteiger partial charge is 0.350 e. The fraction of sp³-hybridized carbons (Fsp3) is 0.258. The van der Waals surface area contributed by atoms with E-state index in [1.54, 1.807) is 11.3 Å². The van der Waals surface area contributed by atoms with Gasteiger partial charge in [0.25, 0.3) is 0 Å². The van der Waals surface area contributed by atoms with Gasteiger partial charge >= 0.3 is 0 Å². The van der Waals surface area contributed by atoms with Crippen LogP contribution in [-0.2, 0) is 22.6 Å². The molecule has 3 aromatic carbocycles. The average Bonchev–Trinajstić information content (AvgIpc) is 3.62. The molecule has 5 nitrogen and oxygen atoms in total. The Morgan fingerprint density at radius 1 is 0.919 bits per heavy atom. The van der Waals surface area contributed by atoms with E-state index in [0.717, 1.165) is 36.5 Å². The zero-order chi connectivity index (χ0) is 25.5. The molecule has 0 spiro atoms. The molecule has 5 rings (SSSR count). The number of benzene rings is 3. The molecule has 1 aliphatic heterocycles. The highest BCUT2D eigenvalue weighted by Gasteiger charge is 2.29. The maximum Gasteiger partial charge on any atom is 0.223 e. The lowest BCUT2D eigenvalue weighted by Gasteiger charge is -2.25. The van der Waals surface area contributed by atoms with Gasteiger partial charge < -0.3 is 10.2 Å². The van der Waals surface area contributed by atoms with Crippen LogP contribution in [0.25, 0.3) is 11.1 Å². The minimum atomic E-state index is -0.116. The quantitative estimate of drug-likeness (QED) is 0.294. The maximum absolute atomic E-state index is 12.9. The zero-order valence-electron chi connectivity index (χ0n) is 20.8. The molecule has 37 heavy (non-hydrogen) atoms. The molecule has 1 N–H and O–H groups in total. The van der Waals surface area contributed by atoms with Gasteiger partial charge in [0, 0.05) is 31.2 Å². The lowest BCUT2D eigenvalue weighted by Crippen LogP contribution is -2.32. The summed E-state index contributed by atoms with van der Waals surface area (Å²) in [6, 6.07) is 29.1. The lowest BCUT2D eigenvalue weighted by molar-refractivity contribution is -0.134. The van der Waals surface area contributed by atoms with Gasteiger partial charge in [0.1, 0.15) is 5.01 Å². The van der Waals surface area contributed by atoms with Crippen LogP contribution in [0.5, 0.6) is 0 Å². The molecule has 1 atom stereocenters. The maximum atomic E-state index is 12.9. The Morgan fingerprint density at radius 2 is 1.65 bits per heavy atom. The third kappa shape index (κ3) is 6.33. The molecule has 2 heterocycles. The van der Waals surface area contributed by atoms with Gasteiger partial charge in [-0.05, 0) is 35.1 Å². The molecular weight excluding hydrogens is 478 g/mol. The van der Waals surface area contributed by atoms with Gasteiger partial charge in [0.15, 0.2) is 0 Å². The second kappa shape index (κ2) is 12.0. The molecule has 188 valence electrons. The number of rotatable bonds is 9. The number of carbonyl (C=O) groups is 2. The second-order valence-corrected chi connectivity index (χ2v) is 10.3. The van der Waals surface area contributed by atoms with Gasteiger partial charge in [0.2, 0.25) is 11.8 Å². The van der Waals surface area contributed by atoms with Gasteiger partial charge in [-0.3, -0.25) is 9.59 Å². The minimum absolute atomic E-state index is 0.0510. The Morgan fingerprint density at radius 3 is 2.46 bits per heavy atom. The standard InChI is InChI=1S/C31H31N3O2S/c35-29(17-18-31(36)34-19-9-16-28(34)24-12-5-2-6-13-24)32-21-30-33-26(22-37-30)20-25-14-7-8-15-27(25)23-10-3-1-4-11-23/h1-8,10-15,22,28H,9,16-21H2,(H,32,35). The number of nitrogens with zero attached hydrogens (tertiary/aromatic N) is 2. The van der Waals surface area contributed by atoms with E-state index < -0.39 is 0 Å². The van der Waals surface area contributed by atoms with Gasteiger partial charge in [0.05, 0.1) is 18.3 Å². The molecule has 6 heteroatoms. The third-order valence-electron chi connectivity index (χ3n) is 6.83. The molecule has 4 aromatic rings. The highest BCUT2D eigenvalue weighted by Crippen LogP contribution is 2.32. The summed E-state index contributed by atoms with van der Waals surface area (Å²) < 4.78 is 0. The Balaban J connectivity index is 1.11. The van der Waals surface area contributed by atoms with Crippen molar-refractivity contribution in [3.63, 3.8) is 0 Å². The van der Waals surface area contributed by atoms with Crippen molar-refractivity contribution in [2.24, 2.45) is 0 Å². The number of carbonyl (C=O) groups excluding carboxylic acids is 2. The minimum Gasteiger partial charge on any atom is -0.350 e. The molecule has 1 saturated heterocycles. The predicted molar refractivity (Wildman–Crippen MR) is 148 cm³/mol. The van der Waals surface area contributed by atoms with Crippen LogP contribution in [0.15, 0.2) is 90.3 Å². The van der Waals surface area contributed by atoms with Crippen LogP contribution < -0.4 is 5.32 Å². The van der Waals surface area contributed by atoms with Crippen molar-refractivity contribution in [3.05, 3.63) is 112 Å². The van der Waals surface area contributed by atoms with Crippen molar-refractivity contribution in [3.8, 4) is 11.1 Å². The number of hydrogen-bond acceptors (Lipinski definition) is 4. The van der Waals surface area contributed by atoms with Crippen LogP contribution in [-0.4, -0.2) is 28.2 Å². The highest BCUT2D eigenvalue weighted by molar-refractivity contribution is 7.09. The molecule has 1 aromatic heterocycles. The second-order valence-electron chi connectivity index (χ2n) is 9.37. The third-order valence-corrected chi connectivity index (χ3v) is 7.73. The van der Waals surface area contributed by atoms with Gasteiger partial charge in [-0.2, -0.15) is 0 Å². The number of amides is 2. The Labute approximate surface area is 222 Å². The summed E-state index contributed by atoms with van der Waals surface area (Å²) in [5.41, 5.74) is 5.80. The first-order valence-electron chi connectivity index (χ1n) is 12.8. The molecule has 2 amide bonds. The van der Waals surface area contributed by atoms with Crippen molar-refractivity contribution in [2.45, 2.75) is 44.7 Å². The van der Waals surface area contributed by atoms with E-state index in [1.165, 1.54) is 22.3 Å². The molecule has 0 radical (unpaired) electrons. The predicted octanol–water partition coefficient (Wildman–Crippen LogP) is 6.16. The number of nitrogens with one attached hydrogen (secondary N) is 1. The van der Waals surface area contributed by atoms with E-state index in [1.807, 2.05) is 29.2 Å². The smallest absolute Gasteiger partial charge is 0.223 e. The van der Waals surface area contributed by atoms with E-state index in [-0.39, 0.29) is 30.7 Å². The topological polar surface area (TPSA) is 62.3 Å². The zero-order valence-corrected chi connectivity index (χ0v) is 21.6. The van der Waals surface area contributed by atoms with Gasteiger partial charge in [-0.15, -0.1) is 11.3 Å². The van der Waals surface area contributed by atoms with Crippen LogP contribution in [0.1, 0.15) is 53.6 Å². The summed E-state index contributed by atoms with van der Waals surface area (Å²) >= 11 is 1.55. The average molecular weight is 510 g/mol. The van der Waals surface area contributed by atoms with Gasteiger partial charge in [-0.25, -0.2) is 4.98 Å². The van der Waals surface area contributed by atoms with E-state index in [4.69, 9.17) is 4.98 Å². The normalized spacial score (nSPS) is 15.0. The van der Waals surface area contributed by atoms with Crippen LogP contribution in [0.4, 0.5) is 0 Å². The van der Waals surface area contributed by atoms with Crippen molar-refractivity contribution < 1.29 is 9.59 Å². The monoisotopic (exact) mass is 509 g/mol. The van der Waals surface area contributed by atoms with E-state index in [9.17, 15) is 9.59 Å². The Hall–Kier alpha value is -3.77. The first-order chi connectivity index (χ1) is 18.2. The van der Waals surface area contributed by atoms with Crippen molar-refractivity contribution in [2.75, 3.05) is 6.54 Å². The first-order valence-corrected chi connectivity index (χ1v) is 13.7. The van der Waals surface area contributed by atoms with Crippen LogP contribution in [0, 0.1) is 0 Å². The molecule has 1 aliphatic rings. The molecule has 0 saturated carbocycles. The summed E-state index contributed by atoms with van der Waals surface area (Å²) in [4.78, 5) is 32.0. The van der Waals surface area contributed by atoms with Crippen molar-refractivity contribution in [1.82, 2.24) is 15.2 Å². The highest BCUT2D eigenvalue weighted by atomic mass is 32.1.